The maximum absolute atomic E-state index is 11.7. The third-order valence-corrected chi connectivity index (χ3v) is 4.20. The molecule has 0 atom stereocenters. The lowest BCUT2D eigenvalue weighted by atomic mass is 10.3. The predicted molar refractivity (Wildman–Crippen MR) is 86.5 cm³/mol. The first-order valence-corrected chi connectivity index (χ1v) is 7.75. The number of nitrogens with one attached hydrogen (secondary N) is 1. The predicted octanol–water partition coefficient (Wildman–Crippen LogP) is 3.97. The van der Waals surface area contributed by atoms with Crippen LogP contribution in [-0.2, 0) is 11.2 Å². The fourth-order valence-corrected chi connectivity index (χ4v) is 2.95. The maximum atomic E-state index is 11.7. The van der Waals surface area contributed by atoms with Crippen molar-refractivity contribution in [1.29, 1.82) is 0 Å². The number of carbonyl (C=O) groups excluding carboxylic acids is 1. The summed E-state index contributed by atoms with van der Waals surface area (Å²) < 4.78 is 10.5. The van der Waals surface area contributed by atoms with Crippen LogP contribution in [-0.4, -0.2) is 12.5 Å². The highest BCUT2D eigenvalue weighted by atomic mass is 32.1. The maximum Gasteiger partial charge on any atom is 0.244 e. The highest BCUT2D eigenvalue weighted by Gasteiger charge is 2.05. The van der Waals surface area contributed by atoms with Crippen molar-refractivity contribution in [2.45, 2.75) is 6.42 Å². The molecule has 3 heterocycles. The Bertz CT molecular complexity index is 739. The Hall–Kier alpha value is -2.53. The van der Waals surface area contributed by atoms with Crippen LogP contribution in [0.3, 0.4) is 0 Å². The zero-order valence-electron chi connectivity index (χ0n) is 11.8. The van der Waals surface area contributed by atoms with Crippen molar-refractivity contribution in [2.75, 3.05) is 6.54 Å². The lowest BCUT2D eigenvalue weighted by molar-refractivity contribution is -0.116. The third kappa shape index (κ3) is 3.77. The van der Waals surface area contributed by atoms with E-state index in [0.717, 1.165) is 17.1 Å². The molecule has 0 aliphatic rings. The standard InChI is InChI=1S/C17H15NO3S/c19-17(8-5-13-3-1-11-20-13)18-10-9-14-6-7-16(22-14)15-4-2-12-21-15/h1-8,11-12H,9-10H2,(H,18,19). The summed E-state index contributed by atoms with van der Waals surface area (Å²) in [5.41, 5.74) is 0. The van der Waals surface area contributed by atoms with Gasteiger partial charge in [-0.05, 0) is 48.9 Å². The van der Waals surface area contributed by atoms with Crippen molar-refractivity contribution in [1.82, 2.24) is 5.32 Å². The molecule has 0 aromatic carbocycles. The van der Waals surface area contributed by atoms with Gasteiger partial charge in [0.1, 0.15) is 11.5 Å². The minimum atomic E-state index is -0.126. The van der Waals surface area contributed by atoms with Crippen LogP contribution in [0.1, 0.15) is 10.6 Å². The van der Waals surface area contributed by atoms with Gasteiger partial charge in [0.05, 0.1) is 17.4 Å². The number of carbonyl (C=O) groups is 1. The Balaban J connectivity index is 1.46. The third-order valence-electron chi connectivity index (χ3n) is 3.04. The Kier molecular flexibility index (Phi) is 4.56. The lowest BCUT2D eigenvalue weighted by Gasteiger charge is -1.99. The fourth-order valence-electron chi connectivity index (χ4n) is 1.98. The van der Waals surface area contributed by atoms with E-state index in [-0.39, 0.29) is 5.91 Å². The molecular formula is C17H15NO3S. The molecular weight excluding hydrogens is 298 g/mol. The molecule has 3 rings (SSSR count). The number of rotatable bonds is 6. The summed E-state index contributed by atoms with van der Waals surface area (Å²) in [4.78, 5) is 14.0. The second-order valence-electron chi connectivity index (χ2n) is 4.63. The molecule has 4 nitrogen and oxygen atoms in total. The second-order valence-corrected chi connectivity index (χ2v) is 5.80. The van der Waals surface area contributed by atoms with Crippen LogP contribution >= 0.6 is 11.3 Å². The van der Waals surface area contributed by atoms with Crippen LogP contribution in [0.25, 0.3) is 16.7 Å². The largest absolute Gasteiger partial charge is 0.465 e. The normalized spacial score (nSPS) is 11.1. The molecule has 0 aliphatic carbocycles. The van der Waals surface area contributed by atoms with E-state index in [4.69, 9.17) is 8.83 Å². The minimum absolute atomic E-state index is 0.126. The average Bonchev–Trinajstić information content (AvgIpc) is 3.26. The monoisotopic (exact) mass is 313 g/mol. The van der Waals surface area contributed by atoms with Gasteiger partial charge in [0.15, 0.2) is 0 Å². The van der Waals surface area contributed by atoms with Crippen molar-refractivity contribution in [2.24, 2.45) is 0 Å². The van der Waals surface area contributed by atoms with E-state index in [0.29, 0.717) is 12.3 Å². The van der Waals surface area contributed by atoms with Crippen LogP contribution in [0, 0.1) is 0 Å². The van der Waals surface area contributed by atoms with Gasteiger partial charge in [0.25, 0.3) is 0 Å². The summed E-state index contributed by atoms with van der Waals surface area (Å²) in [6.45, 7) is 0.597. The van der Waals surface area contributed by atoms with Gasteiger partial charge in [0.2, 0.25) is 5.91 Å². The molecule has 3 aromatic heterocycles. The highest BCUT2D eigenvalue weighted by molar-refractivity contribution is 7.15. The zero-order valence-corrected chi connectivity index (χ0v) is 12.6. The molecule has 3 aromatic rings. The Labute approximate surface area is 132 Å². The molecule has 0 spiro atoms. The van der Waals surface area contributed by atoms with E-state index in [1.807, 2.05) is 18.2 Å². The van der Waals surface area contributed by atoms with E-state index in [9.17, 15) is 4.79 Å². The number of furan rings is 2. The summed E-state index contributed by atoms with van der Waals surface area (Å²) >= 11 is 1.68. The average molecular weight is 313 g/mol. The first kappa shape index (κ1) is 14.4. The van der Waals surface area contributed by atoms with Gasteiger partial charge in [-0.1, -0.05) is 0 Å². The highest BCUT2D eigenvalue weighted by Crippen LogP contribution is 2.28. The van der Waals surface area contributed by atoms with Gasteiger partial charge in [-0.3, -0.25) is 4.79 Å². The van der Waals surface area contributed by atoms with Crippen molar-refractivity contribution in [3.63, 3.8) is 0 Å². The van der Waals surface area contributed by atoms with Crippen LogP contribution in [0.2, 0.25) is 0 Å². The lowest BCUT2D eigenvalue weighted by Crippen LogP contribution is -2.23. The Morgan fingerprint density at radius 3 is 2.77 bits per heavy atom. The van der Waals surface area contributed by atoms with Crippen molar-refractivity contribution in [3.8, 4) is 10.6 Å². The smallest absolute Gasteiger partial charge is 0.244 e. The SMILES string of the molecule is O=C(C=Cc1ccco1)NCCc1ccc(-c2ccco2)s1. The quantitative estimate of drug-likeness (QED) is 0.700. The first-order valence-electron chi connectivity index (χ1n) is 6.93. The molecule has 1 N–H and O–H groups in total. The summed E-state index contributed by atoms with van der Waals surface area (Å²) in [7, 11) is 0. The number of amides is 1. The topological polar surface area (TPSA) is 55.4 Å². The number of thiophene rings is 1. The molecule has 0 radical (unpaired) electrons. The van der Waals surface area contributed by atoms with Crippen LogP contribution in [0.15, 0.2) is 63.8 Å². The van der Waals surface area contributed by atoms with Gasteiger partial charge in [-0.25, -0.2) is 0 Å². The Morgan fingerprint density at radius 1 is 1.14 bits per heavy atom. The van der Waals surface area contributed by atoms with E-state index in [1.54, 1.807) is 42.1 Å². The van der Waals surface area contributed by atoms with Crippen LogP contribution in [0.4, 0.5) is 0 Å². The van der Waals surface area contributed by atoms with E-state index in [1.165, 1.54) is 11.0 Å². The second kappa shape index (κ2) is 6.95. The zero-order chi connectivity index (χ0) is 15.2. The van der Waals surface area contributed by atoms with E-state index < -0.39 is 0 Å². The van der Waals surface area contributed by atoms with Crippen molar-refractivity contribution >= 4 is 23.3 Å². The first-order chi connectivity index (χ1) is 10.8. The fraction of sp³-hybridized carbons (Fsp3) is 0.118. The molecule has 0 fully saturated rings. The summed E-state index contributed by atoms with van der Waals surface area (Å²) in [5.74, 6) is 1.41. The van der Waals surface area contributed by atoms with Gasteiger partial charge in [0, 0.05) is 17.5 Å². The molecule has 0 aliphatic heterocycles. The number of hydrogen-bond acceptors (Lipinski definition) is 4. The van der Waals surface area contributed by atoms with Gasteiger partial charge in [-0.15, -0.1) is 11.3 Å². The van der Waals surface area contributed by atoms with Crippen molar-refractivity contribution < 1.29 is 13.6 Å². The molecule has 1 amide bonds. The summed E-state index contributed by atoms with van der Waals surface area (Å²) in [6, 6.07) is 11.5. The summed E-state index contributed by atoms with van der Waals surface area (Å²) in [6.07, 6.45) is 7.16. The van der Waals surface area contributed by atoms with Gasteiger partial charge in [-0.2, -0.15) is 0 Å². The van der Waals surface area contributed by atoms with Crippen molar-refractivity contribution in [3.05, 3.63) is 65.6 Å². The molecule has 0 unspecified atom stereocenters. The summed E-state index contributed by atoms with van der Waals surface area (Å²) in [5, 5.41) is 2.85. The molecule has 0 saturated carbocycles. The molecule has 0 bridgehead atoms. The van der Waals surface area contributed by atoms with Gasteiger partial charge < -0.3 is 14.2 Å². The van der Waals surface area contributed by atoms with E-state index in [2.05, 4.69) is 11.4 Å². The molecule has 112 valence electrons. The minimum Gasteiger partial charge on any atom is -0.465 e. The molecule has 5 heteroatoms. The van der Waals surface area contributed by atoms with Crippen LogP contribution < -0.4 is 5.32 Å². The molecule has 22 heavy (non-hydrogen) atoms. The molecule has 0 saturated heterocycles. The van der Waals surface area contributed by atoms with E-state index >= 15 is 0 Å². The Morgan fingerprint density at radius 2 is 2.00 bits per heavy atom. The number of hydrogen-bond donors (Lipinski definition) is 1. The van der Waals surface area contributed by atoms with Crippen LogP contribution in [0.5, 0.6) is 0 Å². The van der Waals surface area contributed by atoms with Gasteiger partial charge >= 0.3 is 0 Å².